The molecule has 0 heterocycles. The molecule has 3 heteroatoms. The normalized spacial score (nSPS) is 11.4. The maximum Gasteiger partial charge on any atom is 0.182 e. The number of benzene rings is 1. The van der Waals surface area contributed by atoms with Gasteiger partial charge in [0.2, 0.25) is 0 Å². The molecule has 1 N–H and O–H groups in total. The number of carbonyl (C=O) groups excluding carboxylic acids is 1. The lowest BCUT2D eigenvalue weighted by Crippen LogP contribution is -2.44. The highest BCUT2D eigenvalue weighted by Crippen LogP contribution is 2.21. The van der Waals surface area contributed by atoms with E-state index in [2.05, 4.69) is 5.32 Å². The lowest BCUT2D eigenvalue weighted by molar-refractivity contribution is 0.0889. The van der Waals surface area contributed by atoms with Gasteiger partial charge in [-0.25, -0.2) is 0 Å². The Bertz CT molecular complexity index is 411. The molecule has 0 saturated heterocycles. The van der Waals surface area contributed by atoms with Crippen molar-refractivity contribution in [1.82, 2.24) is 5.32 Å². The van der Waals surface area contributed by atoms with Gasteiger partial charge >= 0.3 is 0 Å². The molecule has 0 unspecified atom stereocenters. The number of ether oxygens (including phenoxy) is 1. The van der Waals surface area contributed by atoms with Gasteiger partial charge in [0.1, 0.15) is 5.75 Å². The summed E-state index contributed by atoms with van der Waals surface area (Å²) in [6.45, 7) is 8.29. The lowest BCUT2D eigenvalue weighted by Gasteiger charge is -2.22. The summed E-state index contributed by atoms with van der Waals surface area (Å²) in [5.74, 6) is 0.928. The highest BCUT2D eigenvalue weighted by Gasteiger charge is 2.26. The van der Waals surface area contributed by atoms with E-state index < -0.39 is 5.54 Å². The van der Waals surface area contributed by atoms with E-state index >= 15 is 0 Å². The molecule has 0 saturated carbocycles. The van der Waals surface area contributed by atoms with Crippen molar-refractivity contribution in [2.24, 2.45) is 0 Å². The zero-order valence-electron chi connectivity index (χ0n) is 11.3. The monoisotopic (exact) mass is 235 g/mol. The van der Waals surface area contributed by atoms with Gasteiger partial charge in [0.25, 0.3) is 0 Å². The standard InChI is InChI=1S/C14H21NO2/c1-6-17-12-8-7-11(9-10(12)2)13(16)14(3,4)15-5/h7-9,15H,6H2,1-5H3. The summed E-state index contributed by atoms with van der Waals surface area (Å²) >= 11 is 0. The Labute approximate surface area is 103 Å². The molecule has 0 aromatic heterocycles. The number of ketones is 1. The van der Waals surface area contributed by atoms with Crippen molar-refractivity contribution in [3.8, 4) is 5.75 Å². The first-order chi connectivity index (χ1) is 7.92. The predicted octanol–water partition coefficient (Wildman–Crippen LogP) is 2.57. The third kappa shape index (κ3) is 3.07. The van der Waals surface area contributed by atoms with Gasteiger partial charge in [-0.1, -0.05) is 0 Å². The fourth-order valence-corrected chi connectivity index (χ4v) is 1.58. The average Bonchev–Trinajstić information content (AvgIpc) is 2.31. The zero-order chi connectivity index (χ0) is 13.1. The van der Waals surface area contributed by atoms with Crippen LogP contribution >= 0.6 is 0 Å². The van der Waals surface area contributed by atoms with Gasteiger partial charge in [0.15, 0.2) is 5.78 Å². The van der Waals surface area contributed by atoms with E-state index in [4.69, 9.17) is 4.74 Å². The molecule has 0 aliphatic heterocycles. The van der Waals surface area contributed by atoms with Gasteiger partial charge in [-0.2, -0.15) is 0 Å². The van der Waals surface area contributed by atoms with Crippen LogP contribution in [0.15, 0.2) is 18.2 Å². The Balaban J connectivity index is 3.02. The molecular formula is C14H21NO2. The summed E-state index contributed by atoms with van der Waals surface area (Å²) in [7, 11) is 1.79. The van der Waals surface area contributed by atoms with Crippen molar-refractivity contribution >= 4 is 5.78 Å². The van der Waals surface area contributed by atoms with Crippen LogP contribution in [-0.4, -0.2) is 25.0 Å². The molecule has 0 aliphatic rings. The predicted molar refractivity (Wildman–Crippen MR) is 69.8 cm³/mol. The third-order valence-corrected chi connectivity index (χ3v) is 2.93. The minimum atomic E-state index is -0.542. The average molecular weight is 235 g/mol. The van der Waals surface area contributed by atoms with Crippen LogP contribution in [0, 0.1) is 6.92 Å². The molecule has 0 bridgehead atoms. The summed E-state index contributed by atoms with van der Waals surface area (Å²) in [6, 6.07) is 5.56. The first-order valence-corrected chi connectivity index (χ1v) is 5.89. The number of hydrogen-bond acceptors (Lipinski definition) is 3. The van der Waals surface area contributed by atoms with Crippen LogP contribution in [-0.2, 0) is 0 Å². The minimum Gasteiger partial charge on any atom is -0.494 e. The molecule has 94 valence electrons. The van der Waals surface area contributed by atoms with Crippen LogP contribution in [0.3, 0.4) is 0 Å². The van der Waals surface area contributed by atoms with Crippen LogP contribution in [0.1, 0.15) is 36.7 Å². The molecule has 1 aromatic rings. The van der Waals surface area contributed by atoms with E-state index in [1.165, 1.54) is 0 Å². The van der Waals surface area contributed by atoms with E-state index in [-0.39, 0.29) is 5.78 Å². The molecule has 0 amide bonds. The quantitative estimate of drug-likeness (QED) is 0.797. The number of hydrogen-bond donors (Lipinski definition) is 1. The summed E-state index contributed by atoms with van der Waals surface area (Å²) < 4.78 is 5.46. The second-order valence-corrected chi connectivity index (χ2v) is 4.62. The Kier molecular flexibility index (Phi) is 4.29. The van der Waals surface area contributed by atoms with Crippen molar-refractivity contribution in [3.05, 3.63) is 29.3 Å². The first kappa shape index (κ1) is 13.7. The maximum absolute atomic E-state index is 12.2. The zero-order valence-corrected chi connectivity index (χ0v) is 11.3. The first-order valence-electron chi connectivity index (χ1n) is 5.89. The maximum atomic E-state index is 12.2. The van der Waals surface area contributed by atoms with Crippen molar-refractivity contribution in [1.29, 1.82) is 0 Å². The SMILES string of the molecule is CCOc1ccc(C(=O)C(C)(C)NC)cc1C. The largest absolute Gasteiger partial charge is 0.494 e. The number of rotatable bonds is 5. The molecule has 0 aliphatic carbocycles. The Morgan fingerprint density at radius 3 is 2.53 bits per heavy atom. The second kappa shape index (κ2) is 5.32. The number of likely N-dealkylation sites (N-methyl/N-ethyl adjacent to an activating group) is 1. The minimum absolute atomic E-state index is 0.0890. The third-order valence-electron chi connectivity index (χ3n) is 2.93. The van der Waals surface area contributed by atoms with Crippen LogP contribution in [0.5, 0.6) is 5.75 Å². The number of Topliss-reactive ketones (excluding diaryl/α,β-unsaturated/α-hetero) is 1. The summed E-state index contributed by atoms with van der Waals surface area (Å²) in [6.07, 6.45) is 0. The lowest BCUT2D eigenvalue weighted by atomic mass is 9.92. The fraction of sp³-hybridized carbons (Fsp3) is 0.500. The van der Waals surface area contributed by atoms with Crippen LogP contribution in [0.4, 0.5) is 0 Å². The van der Waals surface area contributed by atoms with Gasteiger partial charge < -0.3 is 10.1 Å². The molecule has 17 heavy (non-hydrogen) atoms. The molecule has 1 rings (SSSR count). The van der Waals surface area contributed by atoms with Gasteiger partial charge in [-0.15, -0.1) is 0 Å². The number of carbonyl (C=O) groups is 1. The van der Waals surface area contributed by atoms with Gasteiger partial charge in [0.05, 0.1) is 12.1 Å². The number of aryl methyl sites for hydroxylation is 1. The van der Waals surface area contributed by atoms with Crippen molar-refractivity contribution in [2.75, 3.05) is 13.7 Å². The van der Waals surface area contributed by atoms with Gasteiger partial charge in [-0.05, 0) is 58.5 Å². The number of nitrogens with one attached hydrogen (secondary N) is 1. The van der Waals surface area contributed by atoms with Crippen molar-refractivity contribution in [2.45, 2.75) is 33.2 Å². The van der Waals surface area contributed by atoms with E-state index in [1.54, 1.807) is 7.05 Å². The molecule has 0 atom stereocenters. The van der Waals surface area contributed by atoms with Gasteiger partial charge in [-0.3, -0.25) is 4.79 Å². The Morgan fingerprint density at radius 1 is 1.41 bits per heavy atom. The highest BCUT2D eigenvalue weighted by molar-refractivity contribution is 6.02. The Hall–Kier alpha value is -1.35. The Morgan fingerprint density at radius 2 is 2.06 bits per heavy atom. The molecule has 0 fully saturated rings. The fourth-order valence-electron chi connectivity index (χ4n) is 1.58. The van der Waals surface area contributed by atoms with E-state index in [0.29, 0.717) is 12.2 Å². The van der Waals surface area contributed by atoms with E-state index in [0.717, 1.165) is 11.3 Å². The summed E-state index contributed by atoms with van der Waals surface area (Å²) in [5.41, 5.74) is 1.16. The molecule has 0 spiro atoms. The topological polar surface area (TPSA) is 38.3 Å². The highest BCUT2D eigenvalue weighted by atomic mass is 16.5. The van der Waals surface area contributed by atoms with Crippen molar-refractivity contribution in [3.63, 3.8) is 0 Å². The van der Waals surface area contributed by atoms with Crippen LogP contribution < -0.4 is 10.1 Å². The van der Waals surface area contributed by atoms with Crippen molar-refractivity contribution < 1.29 is 9.53 Å². The second-order valence-electron chi connectivity index (χ2n) is 4.62. The van der Waals surface area contributed by atoms with Crippen LogP contribution in [0.25, 0.3) is 0 Å². The van der Waals surface area contributed by atoms with Crippen LogP contribution in [0.2, 0.25) is 0 Å². The van der Waals surface area contributed by atoms with E-state index in [9.17, 15) is 4.79 Å². The summed E-state index contributed by atoms with van der Waals surface area (Å²) in [4.78, 5) is 12.2. The molecule has 0 radical (unpaired) electrons. The molecular weight excluding hydrogens is 214 g/mol. The van der Waals surface area contributed by atoms with E-state index in [1.807, 2.05) is 45.9 Å². The smallest absolute Gasteiger partial charge is 0.182 e. The molecule has 3 nitrogen and oxygen atoms in total. The molecule has 1 aromatic carbocycles. The summed E-state index contributed by atoms with van der Waals surface area (Å²) in [5, 5.41) is 3.02. The van der Waals surface area contributed by atoms with Gasteiger partial charge in [0, 0.05) is 5.56 Å².